The van der Waals surface area contributed by atoms with Crippen molar-refractivity contribution >= 4 is 12.0 Å². The van der Waals surface area contributed by atoms with E-state index < -0.39 is 17.7 Å². The van der Waals surface area contributed by atoms with Gasteiger partial charge in [-0.05, 0) is 49.9 Å². The summed E-state index contributed by atoms with van der Waals surface area (Å²) in [5, 5.41) is 10.6. The van der Waals surface area contributed by atoms with Gasteiger partial charge in [-0.15, -0.1) is 0 Å². The molecular formula is C25H31N3O4. The van der Waals surface area contributed by atoms with Gasteiger partial charge in [-0.2, -0.15) is 5.06 Å². The Balaban J connectivity index is 1.42. The minimum absolute atomic E-state index is 0.174. The minimum atomic E-state index is -1.01. The summed E-state index contributed by atoms with van der Waals surface area (Å²) in [6, 6.07) is 16.2. The van der Waals surface area contributed by atoms with Crippen LogP contribution in [0.25, 0.3) is 11.1 Å². The second-order valence-electron chi connectivity index (χ2n) is 9.44. The van der Waals surface area contributed by atoms with Crippen molar-refractivity contribution in [3.05, 3.63) is 59.7 Å². The van der Waals surface area contributed by atoms with E-state index >= 15 is 0 Å². The number of rotatable bonds is 3. The SMILES string of the molecule is C[C@@H](C(=O)N1CCN(C2c3ccccc3-c3ccccc32)CC1)N(O)C(=O)OC(C)(C)C. The van der Waals surface area contributed by atoms with E-state index in [1.165, 1.54) is 29.2 Å². The zero-order valence-corrected chi connectivity index (χ0v) is 19.1. The topological polar surface area (TPSA) is 73.3 Å². The third kappa shape index (κ3) is 4.23. The third-order valence-electron chi connectivity index (χ3n) is 6.10. The summed E-state index contributed by atoms with van der Waals surface area (Å²) in [5.74, 6) is -0.287. The first-order valence-corrected chi connectivity index (χ1v) is 11.1. The summed E-state index contributed by atoms with van der Waals surface area (Å²) in [6.45, 7) is 9.14. The van der Waals surface area contributed by atoms with Crippen molar-refractivity contribution in [2.75, 3.05) is 26.2 Å². The van der Waals surface area contributed by atoms with E-state index in [0.717, 1.165) is 0 Å². The van der Waals surface area contributed by atoms with Crippen LogP contribution in [0.3, 0.4) is 0 Å². The van der Waals surface area contributed by atoms with Crippen molar-refractivity contribution in [3.8, 4) is 11.1 Å². The standard InChI is InChI=1S/C25H31N3O4/c1-17(28(31)24(30)32-25(2,3)4)23(29)27-15-13-26(14-16-27)22-20-11-7-5-9-18(20)19-10-6-8-12-21(19)22/h5-12,17,22,31H,13-16H2,1-4H3/t17-/m0/s1. The second-order valence-corrected chi connectivity index (χ2v) is 9.44. The number of carbonyl (C=O) groups excluding carboxylic acids is 2. The maximum Gasteiger partial charge on any atom is 0.435 e. The Labute approximate surface area is 189 Å². The number of hydrogen-bond donors (Lipinski definition) is 1. The molecule has 0 spiro atoms. The van der Waals surface area contributed by atoms with Gasteiger partial charge in [-0.25, -0.2) is 4.79 Å². The van der Waals surface area contributed by atoms with Gasteiger partial charge in [0.15, 0.2) is 0 Å². The highest BCUT2D eigenvalue weighted by molar-refractivity contribution is 5.85. The van der Waals surface area contributed by atoms with Gasteiger partial charge >= 0.3 is 6.09 Å². The van der Waals surface area contributed by atoms with Crippen LogP contribution in [0, 0.1) is 0 Å². The highest BCUT2D eigenvalue weighted by atomic mass is 16.6. The molecular weight excluding hydrogens is 406 g/mol. The number of hydrogen-bond acceptors (Lipinski definition) is 5. The summed E-state index contributed by atoms with van der Waals surface area (Å²) in [7, 11) is 0. The maximum atomic E-state index is 12.9. The lowest BCUT2D eigenvalue weighted by atomic mass is 10.0. The molecule has 0 aromatic heterocycles. The molecule has 32 heavy (non-hydrogen) atoms. The molecule has 1 fully saturated rings. The van der Waals surface area contributed by atoms with Crippen molar-refractivity contribution in [3.63, 3.8) is 0 Å². The Morgan fingerprint density at radius 1 is 0.969 bits per heavy atom. The molecule has 2 aromatic rings. The first kappa shape index (κ1) is 22.3. The summed E-state index contributed by atoms with van der Waals surface area (Å²) in [5.41, 5.74) is 4.39. The summed E-state index contributed by atoms with van der Waals surface area (Å²) in [4.78, 5) is 29.2. The van der Waals surface area contributed by atoms with Crippen molar-refractivity contribution in [1.82, 2.24) is 14.9 Å². The molecule has 2 amide bonds. The van der Waals surface area contributed by atoms with Gasteiger partial charge in [0.25, 0.3) is 0 Å². The van der Waals surface area contributed by atoms with Gasteiger partial charge in [-0.3, -0.25) is 14.9 Å². The van der Waals surface area contributed by atoms with E-state index in [-0.39, 0.29) is 11.9 Å². The Morgan fingerprint density at radius 3 is 1.97 bits per heavy atom. The normalized spacial score (nSPS) is 17.5. The minimum Gasteiger partial charge on any atom is -0.442 e. The number of fused-ring (bicyclic) bond motifs is 3. The first-order valence-electron chi connectivity index (χ1n) is 11.1. The Hall–Kier alpha value is -2.90. The van der Waals surface area contributed by atoms with Crippen molar-refractivity contribution in [2.45, 2.75) is 45.4 Å². The summed E-state index contributed by atoms with van der Waals surface area (Å²) >= 11 is 0. The Kier molecular flexibility index (Phi) is 5.97. The van der Waals surface area contributed by atoms with Crippen LogP contribution in [0.5, 0.6) is 0 Å². The molecule has 7 heteroatoms. The van der Waals surface area contributed by atoms with Crippen LogP contribution in [0.15, 0.2) is 48.5 Å². The van der Waals surface area contributed by atoms with Crippen LogP contribution >= 0.6 is 0 Å². The van der Waals surface area contributed by atoms with Crippen molar-refractivity contribution in [1.29, 1.82) is 0 Å². The van der Waals surface area contributed by atoms with Crippen molar-refractivity contribution in [2.24, 2.45) is 0 Å². The highest BCUT2D eigenvalue weighted by Gasteiger charge is 2.37. The lowest BCUT2D eigenvalue weighted by Gasteiger charge is -2.40. The molecule has 0 saturated carbocycles. The molecule has 2 aliphatic rings. The molecule has 1 aliphatic carbocycles. The van der Waals surface area contributed by atoms with E-state index in [9.17, 15) is 14.8 Å². The predicted molar refractivity (Wildman–Crippen MR) is 121 cm³/mol. The number of ether oxygens (including phenoxy) is 1. The predicted octanol–water partition coefficient (Wildman–Crippen LogP) is 3.92. The van der Waals surface area contributed by atoms with Crippen LogP contribution in [0.2, 0.25) is 0 Å². The Bertz CT molecular complexity index is 963. The molecule has 170 valence electrons. The smallest absolute Gasteiger partial charge is 0.435 e. The molecule has 1 atom stereocenters. The van der Waals surface area contributed by atoms with Gasteiger partial charge in [0.2, 0.25) is 5.91 Å². The van der Waals surface area contributed by atoms with Crippen LogP contribution in [0.4, 0.5) is 4.79 Å². The zero-order valence-electron chi connectivity index (χ0n) is 19.1. The zero-order chi connectivity index (χ0) is 23.0. The third-order valence-corrected chi connectivity index (χ3v) is 6.10. The number of nitrogens with zero attached hydrogens (tertiary/aromatic N) is 3. The van der Waals surface area contributed by atoms with Gasteiger partial charge in [-0.1, -0.05) is 48.5 Å². The quantitative estimate of drug-likeness (QED) is 0.582. The van der Waals surface area contributed by atoms with Crippen LogP contribution < -0.4 is 0 Å². The molecule has 1 N–H and O–H groups in total. The van der Waals surface area contributed by atoms with Crippen LogP contribution in [0.1, 0.15) is 44.9 Å². The van der Waals surface area contributed by atoms with Crippen LogP contribution in [-0.2, 0) is 9.53 Å². The average molecular weight is 438 g/mol. The van der Waals surface area contributed by atoms with Gasteiger partial charge in [0.1, 0.15) is 11.6 Å². The van der Waals surface area contributed by atoms with Gasteiger partial charge in [0, 0.05) is 26.2 Å². The number of hydroxylamine groups is 2. The number of benzene rings is 2. The molecule has 1 saturated heterocycles. The fourth-order valence-corrected chi connectivity index (χ4v) is 4.56. The first-order chi connectivity index (χ1) is 15.2. The van der Waals surface area contributed by atoms with E-state index in [1.807, 2.05) is 0 Å². The molecule has 0 unspecified atom stereocenters. The number of amides is 2. The monoisotopic (exact) mass is 437 g/mol. The summed E-state index contributed by atoms with van der Waals surface area (Å²) in [6.07, 6.45) is -0.920. The largest absolute Gasteiger partial charge is 0.442 e. The average Bonchev–Trinajstić information content (AvgIpc) is 3.11. The Morgan fingerprint density at radius 2 is 1.47 bits per heavy atom. The highest BCUT2D eigenvalue weighted by Crippen LogP contribution is 2.46. The molecule has 2 aromatic carbocycles. The van der Waals surface area contributed by atoms with Gasteiger partial charge in [0.05, 0.1) is 6.04 Å². The molecule has 1 aliphatic heterocycles. The number of piperazine rings is 1. The van der Waals surface area contributed by atoms with Crippen molar-refractivity contribution < 1.29 is 19.5 Å². The molecule has 0 radical (unpaired) electrons. The van der Waals surface area contributed by atoms with E-state index in [1.54, 1.807) is 25.7 Å². The molecule has 7 nitrogen and oxygen atoms in total. The molecule has 1 heterocycles. The van der Waals surface area contributed by atoms with E-state index in [0.29, 0.717) is 31.2 Å². The lowest BCUT2D eigenvalue weighted by Crippen LogP contribution is -2.55. The number of carbonyl (C=O) groups is 2. The van der Waals surface area contributed by atoms with E-state index in [2.05, 4.69) is 53.4 Å². The fraction of sp³-hybridized carbons (Fsp3) is 0.440. The summed E-state index contributed by atoms with van der Waals surface area (Å²) < 4.78 is 5.17. The van der Waals surface area contributed by atoms with E-state index in [4.69, 9.17) is 4.74 Å². The molecule has 4 rings (SSSR count). The maximum absolute atomic E-state index is 12.9. The second kappa shape index (κ2) is 8.56. The molecule has 0 bridgehead atoms. The van der Waals surface area contributed by atoms with Crippen LogP contribution in [-0.4, -0.2) is 69.9 Å². The van der Waals surface area contributed by atoms with Gasteiger partial charge < -0.3 is 9.64 Å². The fourth-order valence-electron chi connectivity index (χ4n) is 4.56. The lowest BCUT2D eigenvalue weighted by molar-refractivity contribution is -0.158.